The molecule has 0 unspecified atom stereocenters. The zero-order valence-corrected chi connectivity index (χ0v) is 16.9. The predicted octanol–water partition coefficient (Wildman–Crippen LogP) is 2.67. The van der Waals surface area contributed by atoms with Gasteiger partial charge in [0.1, 0.15) is 0 Å². The standard InChI is InChI=1S/C21H19ClN2OSe/c1-15-6-4-10-20(26-17-8-5-7-16(22)14-17)18(15)11-13-24-21(25)19-9-2-3-12-23-19/h2-10,12,14H,11,13H2,1H3,(H,24,25). The van der Waals surface area contributed by atoms with Crippen LogP contribution in [0.5, 0.6) is 0 Å². The number of hydrogen-bond acceptors (Lipinski definition) is 2. The summed E-state index contributed by atoms with van der Waals surface area (Å²) in [5.74, 6) is -0.138. The van der Waals surface area contributed by atoms with Gasteiger partial charge in [-0.05, 0) is 0 Å². The fourth-order valence-corrected chi connectivity index (χ4v) is 5.32. The number of amides is 1. The summed E-state index contributed by atoms with van der Waals surface area (Å²) in [5.41, 5.74) is 2.99. The Kier molecular flexibility index (Phi) is 6.45. The Labute approximate surface area is 165 Å². The normalized spacial score (nSPS) is 10.5. The first-order chi connectivity index (χ1) is 12.6. The number of benzene rings is 2. The van der Waals surface area contributed by atoms with Crippen molar-refractivity contribution in [2.24, 2.45) is 0 Å². The summed E-state index contributed by atoms with van der Waals surface area (Å²) >= 11 is 6.29. The van der Waals surface area contributed by atoms with Gasteiger partial charge in [0.05, 0.1) is 0 Å². The van der Waals surface area contributed by atoms with Gasteiger partial charge in [0, 0.05) is 0 Å². The molecule has 3 rings (SSSR count). The van der Waals surface area contributed by atoms with Crippen molar-refractivity contribution in [3.05, 3.63) is 88.7 Å². The fraction of sp³-hybridized carbons (Fsp3) is 0.143. The number of rotatable bonds is 6. The van der Waals surface area contributed by atoms with Crippen molar-refractivity contribution in [1.82, 2.24) is 10.3 Å². The fourth-order valence-electron chi connectivity index (χ4n) is 2.64. The Morgan fingerprint density at radius 3 is 2.73 bits per heavy atom. The molecule has 1 amide bonds. The third-order valence-corrected chi connectivity index (χ3v) is 6.48. The molecule has 0 saturated carbocycles. The van der Waals surface area contributed by atoms with Crippen molar-refractivity contribution in [3.63, 3.8) is 0 Å². The Bertz CT molecular complexity index is 900. The maximum absolute atomic E-state index is 12.1. The summed E-state index contributed by atoms with van der Waals surface area (Å²) in [6.45, 7) is 2.70. The van der Waals surface area contributed by atoms with E-state index in [0.717, 1.165) is 11.4 Å². The van der Waals surface area contributed by atoms with Crippen molar-refractivity contribution < 1.29 is 4.79 Å². The molecule has 3 aromatic rings. The molecule has 0 radical (unpaired) electrons. The van der Waals surface area contributed by atoms with E-state index in [1.807, 2.05) is 24.3 Å². The molecular formula is C21H19ClN2OSe. The topological polar surface area (TPSA) is 42.0 Å². The van der Waals surface area contributed by atoms with E-state index in [-0.39, 0.29) is 20.9 Å². The van der Waals surface area contributed by atoms with E-state index in [1.54, 1.807) is 18.3 Å². The van der Waals surface area contributed by atoms with Crippen LogP contribution in [-0.4, -0.2) is 32.4 Å². The first kappa shape index (κ1) is 18.7. The number of carbonyl (C=O) groups excluding carboxylic acids is 1. The molecule has 0 aliphatic carbocycles. The molecule has 0 saturated heterocycles. The van der Waals surface area contributed by atoms with Gasteiger partial charge in [-0.15, -0.1) is 0 Å². The number of aromatic nitrogens is 1. The minimum atomic E-state index is -0.138. The number of aryl methyl sites for hydroxylation is 1. The number of nitrogens with one attached hydrogen (secondary N) is 1. The number of pyridine rings is 1. The van der Waals surface area contributed by atoms with Crippen LogP contribution in [0, 0.1) is 6.92 Å². The molecule has 132 valence electrons. The van der Waals surface area contributed by atoms with E-state index in [2.05, 4.69) is 41.5 Å². The molecule has 0 atom stereocenters. The van der Waals surface area contributed by atoms with Crippen LogP contribution in [0.3, 0.4) is 0 Å². The van der Waals surface area contributed by atoms with Gasteiger partial charge < -0.3 is 0 Å². The van der Waals surface area contributed by atoms with Crippen LogP contribution in [0.4, 0.5) is 0 Å². The molecule has 1 heterocycles. The second-order valence-electron chi connectivity index (χ2n) is 5.83. The Balaban J connectivity index is 1.68. The second kappa shape index (κ2) is 9.00. The van der Waals surface area contributed by atoms with E-state index in [0.29, 0.717) is 12.2 Å². The van der Waals surface area contributed by atoms with Crippen molar-refractivity contribution in [2.75, 3.05) is 6.54 Å². The van der Waals surface area contributed by atoms with Gasteiger partial charge >= 0.3 is 165 Å². The molecule has 5 heteroatoms. The van der Waals surface area contributed by atoms with Crippen LogP contribution in [-0.2, 0) is 6.42 Å². The second-order valence-corrected chi connectivity index (χ2v) is 8.61. The summed E-state index contributed by atoms with van der Waals surface area (Å²) < 4.78 is 2.57. The summed E-state index contributed by atoms with van der Waals surface area (Å²) in [6.07, 6.45) is 2.42. The molecular weight excluding hydrogens is 411 g/mol. The first-order valence-electron chi connectivity index (χ1n) is 8.34. The van der Waals surface area contributed by atoms with Crippen molar-refractivity contribution in [1.29, 1.82) is 0 Å². The van der Waals surface area contributed by atoms with E-state index < -0.39 is 0 Å². The molecule has 1 aromatic heterocycles. The zero-order chi connectivity index (χ0) is 18.4. The third kappa shape index (κ3) is 4.95. The molecule has 0 aliphatic heterocycles. The molecule has 0 fully saturated rings. The van der Waals surface area contributed by atoms with Crippen LogP contribution in [0.2, 0.25) is 5.02 Å². The Hall–Kier alpha value is -2.13. The Morgan fingerprint density at radius 2 is 1.96 bits per heavy atom. The summed E-state index contributed by atoms with van der Waals surface area (Å²) in [5, 5.41) is 3.72. The van der Waals surface area contributed by atoms with Crippen LogP contribution in [0.15, 0.2) is 66.9 Å². The predicted molar refractivity (Wildman–Crippen MR) is 108 cm³/mol. The molecule has 0 bridgehead atoms. The number of hydrogen-bond donors (Lipinski definition) is 1. The molecule has 0 aliphatic rings. The van der Waals surface area contributed by atoms with Crippen molar-refractivity contribution >= 4 is 41.4 Å². The van der Waals surface area contributed by atoms with Crippen LogP contribution in [0.1, 0.15) is 21.6 Å². The van der Waals surface area contributed by atoms with Crippen molar-refractivity contribution in [3.8, 4) is 0 Å². The molecule has 3 nitrogen and oxygen atoms in total. The third-order valence-electron chi connectivity index (χ3n) is 3.95. The summed E-state index contributed by atoms with van der Waals surface area (Å²) in [4.78, 5) is 16.2. The molecule has 2 aromatic carbocycles. The summed E-state index contributed by atoms with van der Waals surface area (Å²) in [6, 6.07) is 19.7. The Morgan fingerprint density at radius 1 is 1.12 bits per heavy atom. The van der Waals surface area contributed by atoms with Gasteiger partial charge in [0.2, 0.25) is 0 Å². The van der Waals surface area contributed by atoms with Gasteiger partial charge in [-0.3, -0.25) is 0 Å². The summed E-state index contributed by atoms with van der Waals surface area (Å²) in [7, 11) is 0. The average Bonchev–Trinajstić information content (AvgIpc) is 2.64. The van der Waals surface area contributed by atoms with Crippen molar-refractivity contribution in [2.45, 2.75) is 13.3 Å². The first-order valence-corrected chi connectivity index (χ1v) is 10.4. The van der Waals surface area contributed by atoms with Gasteiger partial charge in [0.15, 0.2) is 0 Å². The molecule has 26 heavy (non-hydrogen) atoms. The van der Waals surface area contributed by atoms with Crippen LogP contribution < -0.4 is 14.2 Å². The number of nitrogens with zero attached hydrogens (tertiary/aromatic N) is 1. The van der Waals surface area contributed by atoms with Gasteiger partial charge in [0.25, 0.3) is 0 Å². The van der Waals surface area contributed by atoms with Gasteiger partial charge in [-0.2, -0.15) is 0 Å². The number of carbonyl (C=O) groups is 1. The molecule has 0 spiro atoms. The maximum atomic E-state index is 12.1. The monoisotopic (exact) mass is 430 g/mol. The minimum absolute atomic E-state index is 0.138. The molecule has 1 N–H and O–H groups in total. The average molecular weight is 430 g/mol. The van der Waals surface area contributed by atoms with Crippen LogP contribution >= 0.6 is 11.6 Å². The van der Waals surface area contributed by atoms with E-state index >= 15 is 0 Å². The SMILES string of the molecule is Cc1cccc([Se]c2cccc(Cl)c2)c1CCNC(=O)c1ccccn1. The van der Waals surface area contributed by atoms with E-state index in [1.165, 1.54) is 20.1 Å². The van der Waals surface area contributed by atoms with Crippen LogP contribution in [0.25, 0.3) is 0 Å². The number of halogens is 1. The van der Waals surface area contributed by atoms with E-state index in [4.69, 9.17) is 11.6 Å². The van der Waals surface area contributed by atoms with Gasteiger partial charge in [-0.1, -0.05) is 0 Å². The van der Waals surface area contributed by atoms with E-state index in [9.17, 15) is 4.79 Å². The quantitative estimate of drug-likeness (QED) is 0.612. The zero-order valence-electron chi connectivity index (χ0n) is 14.4. The van der Waals surface area contributed by atoms with Gasteiger partial charge in [-0.25, -0.2) is 0 Å².